The van der Waals surface area contributed by atoms with Crippen LogP contribution in [0.15, 0.2) is 60.9 Å². The molecule has 0 saturated carbocycles. The molecule has 0 bridgehead atoms. The highest BCUT2D eigenvalue weighted by Gasteiger charge is 2.35. The molecule has 4 aromatic rings. The van der Waals surface area contributed by atoms with Gasteiger partial charge in [-0.3, -0.25) is 9.59 Å². The fourth-order valence-electron chi connectivity index (χ4n) is 4.40. The summed E-state index contributed by atoms with van der Waals surface area (Å²) in [6, 6.07) is 16.0. The molecule has 0 radical (unpaired) electrons. The summed E-state index contributed by atoms with van der Waals surface area (Å²) < 4.78 is 1.99. The summed E-state index contributed by atoms with van der Waals surface area (Å²) in [6.07, 6.45) is 4.20. The number of pyridine rings is 1. The van der Waals surface area contributed by atoms with Gasteiger partial charge in [-0.15, -0.1) is 0 Å². The Kier molecular flexibility index (Phi) is 5.44. The third-order valence-corrected chi connectivity index (χ3v) is 6.70. The third kappa shape index (κ3) is 4.07. The van der Waals surface area contributed by atoms with Crippen LogP contribution < -0.4 is 10.2 Å². The zero-order valence-electron chi connectivity index (χ0n) is 19.9. The van der Waals surface area contributed by atoms with Crippen LogP contribution in [-0.4, -0.2) is 27.7 Å². The van der Waals surface area contributed by atoms with E-state index in [1.54, 1.807) is 4.90 Å². The number of nitrogens with one attached hydrogen (secondary N) is 1. The highest BCUT2D eigenvalue weighted by Crippen LogP contribution is 2.29. The number of anilines is 2. The van der Waals surface area contributed by atoms with Crippen molar-refractivity contribution in [1.29, 1.82) is 0 Å². The van der Waals surface area contributed by atoms with Gasteiger partial charge in [0.15, 0.2) is 0 Å². The second-order valence-electron chi connectivity index (χ2n) is 9.29. The van der Waals surface area contributed by atoms with E-state index in [0.717, 1.165) is 45.0 Å². The van der Waals surface area contributed by atoms with E-state index in [1.807, 2.05) is 93.0 Å². The zero-order valence-corrected chi connectivity index (χ0v) is 19.9. The summed E-state index contributed by atoms with van der Waals surface area (Å²) in [4.78, 5) is 32.3. The first-order valence-electron chi connectivity index (χ1n) is 11.5. The van der Waals surface area contributed by atoms with E-state index < -0.39 is 5.92 Å². The second-order valence-corrected chi connectivity index (χ2v) is 9.29. The van der Waals surface area contributed by atoms with Crippen molar-refractivity contribution in [2.45, 2.75) is 34.1 Å². The number of carbonyl (C=O) groups excluding carboxylic acids is 2. The molecule has 2 aromatic carbocycles. The van der Waals surface area contributed by atoms with Crippen LogP contribution in [0.25, 0.3) is 16.9 Å². The van der Waals surface area contributed by atoms with Gasteiger partial charge in [-0.2, -0.15) is 0 Å². The number of aromatic nitrogens is 2. The van der Waals surface area contributed by atoms with Gasteiger partial charge in [0.2, 0.25) is 11.8 Å². The maximum absolute atomic E-state index is 13.1. The van der Waals surface area contributed by atoms with Crippen molar-refractivity contribution >= 4 is 28.8 Å². The standard InChI is InChI=1S/C28H28N4O2/c1-17-9-10-31-16-25(29-26(31)11-17)21-7-5-19(3)24(13-21)30-28(34)22-14-27(33)32(15-22)23-8-6-18(2)20(4)12-23/h5-13,16,22H,14-15H2,1-4H3,(H,30,34)/t22-/m0/s1. The Morgan fingerprint density at radius 2 is 1.76 bits per heavy atom. The first-order chi connectivity index (χ1) is 16.3. The van der Waals surface area contributed by atoms with Crippen molar-refractivity contribution in [2.24, 2.45) is 5.92 Å². The molecule has 0 spiro atoms. The molecular formula is C28H28N4O2. The molecule has 6 nitrogen and oxygen atoms in total. The minimum Gasteiger partial charge on any atom is -0.326 e. The summed E-state index contributed by atoms with van der Waals surface area (Å²) in [5, 5.41) is 3.07. The lowest BCUT2D eigenvalue weighted by Gasteiger charge is -2.18. The van der Waals surface area contributed by atoms with Crippen LogP contribution in [0.5, 0.6) is 0 Å². The Balaban J connectivity index is 1.35. The molecule has 172 valence electrons. The van der Waals surface area contributed by atoms with E-state index in [1.165, 1.54) is 5.56 Å². The Labute approximate surface area is 199 Å². The molecule has 1 aliphatic rings. The Morgan fingerprint density at radius 3 is 2.56 bits per heavy atom. The molecule has 1 saturated heterocycles. The maximum Gasteiger partial charge on any atom is 0.229 e. The molecule has 6 heteroatoms. The third-order valence-electron chi connectivity index (χ3n) is 6.70. The van der Waals surface area contributed by atoms with E-state index in [2.05, 4.69) is 5.32 Å². The number of hydrogen-bond donors (Lipinski definition) is 1. The summed E-state index contributed by atoms with van der Waals surface area (Å²) in [6.45, 7) is 8.47. The van der Waals surface area contributed by atoms with Crippen LogP contribution in [0.3, 0.4) is 0 Å². The number of rotatable bonds is 4. The molecule has 0 unspecified atom stereocenters. The number of nitrogens with zero attached hydrogens (tertiary/aromatic N) is 3. The van der Waals surface area contributed by atoms with Gasteiger partial charge in [0.1, 0.15) is 5.65 Å². The molecule has 2 aromatic heterocycles. The topological polar surface area (TPSA) is 66.7 Å². The highest BCUT2D eigenvalue weighted by atomic mass is 16.2. The molecule has 34 heavy (non-hydrogen) atoms. The minimum atomic E-state index is -0.393. The normalized spacial score (nSPS) is 15.8. The predicted molar refractivity (Wildman–Crippen MR) is 135 cm³/mol. The average Bonchev–Trinajstić information content (AvgIpc) is 3.40. The molecule has 3 heterocycles. The number of amides is 2. The van der Waals surface area contributed by atoms with Crippen molar-refractivity contribution in [2.75, 3.05) is 16.8 Å². The lowest BCUT2D eigenvalue weighted by atomic mass is 10.1. The SMILES string of the molecule is Cc1ccn2cc(-c3ccc(C)c(NC(=O)[C@H]4CC(=O)N(c5ccc(C)c(C)c5)C4)c3)nc2c1. The van der Waals surface area contributed by atoms with Crippen LogP contribution in [0.1, 0.15) is 28.7 Å². The molecule has 1 atom stereocenters. The van der Waals surface area contributed by atoms with E-state index in [0.29, 0.717) is 6.54 Å². The molecule has 1 aliphatic heterocycles. The van der Waals surface area contributed by atoms with Gasteiger partial charge in [-0.05, 0) is 80.3 Å². The Morgan fingerprint density at radius 1 is 0.971 bits per heavy atom. The van der Waals surface area contributed by atoms with E-state index in [-0.39, 0.29) is 18.2 Å². The fraction of sp³-hybridized carbons (Fsp3) is 0.250. The monoisotopic (exact) mass is 452 g/mol. The summed E-state index contributed by atoms with van der Waals surface area (Å²) in [5.41, 5.74) is 8.69. The molecule has 5 rings (SSSR count). The predicted octanol–water partition coefficient (Wildman–Crippen LogP) is 5.23. The second kappa shape index (κ2) is 8.45. The lowest BCUT2D eigenvalue weighted by molar-refractivity contribution is -0.122. The van der Waals surface area contributed by atoms with Gasteiger partial charge in [0.25, 0.3) is 0 Å². The van der Waals surface area contributed by atoms with Crippen molar-refractivity contribution in [3.8, 4) is 11.3 Å². The number of aryl methyl sites for hydroxylation is 4. The molecule has 1 N–H and O–H groups in total. The van der Waals surface area contributed by atoms with E-state index in [4.69, 9.17) is 4.98 Å². The average molecular weight is 453 g/mol. The van der Waals surface area contributed by atoms with Crippen molar-refractivity contribution in [1.82, 2.24) is 9.38 Å². The van der Waals surface area contributed by atoms with Gasteiger partial charge in [0, 0.05) is 42.3 Å². The quantitative estimate of drug-likeness (QED) is 0.461. The van der Waals surface area contributed by atoms with Gasteiger partial charge >= 0.3 is 0 Å². The molecular weight excluding hydrogens is 424 g/mol. The number of carbonyl (C=O) groups is 2. The Hall–Kier alpha value is -3.93. The van der Waals surface area contributed by atoms with Gasteiger partial charge in [0.05, 0.1) is 11.6 Å². The van der Waals surface area contributed by atoms with Gasteiger partial charge in [-0.25, -0.2) is 4.98 Å². The van der Waals surface area contributed by atoms with Crippen LogP contribution >= 0.6 is 0 Å². The van der Waals surface area contributed by atoms with Crippen molar-refractivity contribution in [3.63, 3.8) is 0 Å². The van der Waals surface area contributed by atoms with Crippen LogP contribution in [0.4, 0.5) is 11.4 Å². The van der Waals surface area contributed by atoms with Gasteiger partial charge in [-0.1, -0.05) is 18.2 Å². The largest absolute Gasteiger partial charge is 0.326 e. The van der Waals surface area contributed by atoms with Gasteiger partial charge < -0.3 is 14.6 Å². The first-order valence-corrected chi connectivity index (χ1v) is 11.5. The summed E-state index contributed by atoms with van der Waals surface area (Å²) >= 11 is 0. The van der Waals surface area contributed by atoms with Crippen LogP contribution in [0.2, 0.25) is 0 Å². The summed E-state index contributed by atoms with van der Waals surface area (Å²) in [5.74, 6) is -0.547. The van der Waals surface area contributed by atoms with E-state index >= 15 is 0 Å². The molecule has 0 aliphatic carbocycles. The number of hydrogen-bond acceptors (Lipinski definition) is 3. The molecule has 1 fully saturated rings. The highest BCUT2D eigenvalue weighted by molar-refractivity contribution is 6.04. The van der Waals surface area contributed by atoms with Crippen molar-refractivity contribution < 1.29 is 9.59 Å². The molecule has 2 amide bonds. The number of benzene rings is 2. The number of fused-ring (bicyclic) bond motifs is 1. The fourth-order valence-corrected chi connectivity index (χ4v) is 4.40. The van der Waals surface area contributed by atoms with Crippen LogP contribution in [-0.2, 0) is 9.59 Å². The first kappa shape index (κ1) is 21.9. The minimum absolute atomic E-state index is 0.0196. The lowest BCUT2D eigenvalue weighted by Crippen LogP contribution is -2.28. The van der Waals surface area contributed by atoms with E-state index in [9.17, 15) is 9.59 Å². The van der Waals surface area contributed by atoms with Crippen LogP contribution in [0, 0.1) is 33.6 Å². The Bertz CT molecular complexity index is 1440. The smallest absolute Gasteiger partial charge is 0.229 e. The maximum atomic E-state index is 13.1. The number of imidazole rings is 1. The van der Waals surface area contributed by atoms with Crippen molar-refractivity contribution in [3.05, 3.63) is 83.2 Å². The zero-order chi connectivity index (χ0) is 24.0. The summed E-state index contributed by atoms with van der Waals surface area (Å²) in [7, 11) is 0.